The molecule has 1 saturated heterocycles. The summed E-state index contributed by atoms with van der Waals surface area (Å²) < 4.78 is 0. The lowest BCUT2D eigenvalue weighted by atomic mass is 10.1. The van der Waals surface area contributed by atoms with Crippen LogP contribution in [-0.2, 0) is 11.2 Å². The molecule has 1 aromatic rings. The Morgan fingerprint density at radius 3 is 2.59 bits per heavy atom. The van der Waals surface area contributed by atoms with Gasteiger partial charge >= 0.3 is 0 Å². The molecule has 1 fully saturated rings. The molecule has 0 radical (unpaired) electrons. The summed E-state index contributed by atoms with van der Waals surface area (Å²) in [7, 11) is 0. The Bertz CT molecular complexity index is 372. The second kappa shape index (κ2) is 6.65. The number of carbonyl (C=O) groups excluding carboxylic acids is 1. The highest BCUT2D eigenvalue weighted by Gasteiger charge is 2.11. The normalized spacial score (nSPS) is 15.2. The molecule has 0 atom stereocenters. The van der Waals surface area contributed by atoms with Crippen LogP contribution in [0.2, 0.25) is 0 Å². The minimum Gasteiger partial charge on any atom is -0.372 e. The van der Waals surface area contributed by atoms with Crippen LogP contribution in [0.25, 0.3) is 0 Å². The molecule has 3 heteroatoms. The molecule has 0 aromatic heterocycles. The molecule has 1 heterocycles. The van der Waals surface area contributed by atoms with E-state index >= 15 is 0 Å². The molecule has 0 bridgehead atoms. The minimum absolute atomic E-state index is 0. The van der Waals surface area contributed by atoms with Gasteiger partial charge in [0.15, 0.2) is 0 Å². The van der Waals surface area contributed by atoms with Crippen LogP contribution < -0.4 is 4.90 Å². The van der Waals surface area contributed by atoms with Gasteiger partial charge in [-0.2, -0.15) is 0 Å². The van der Waals surface area contributed by atoms with Gasteiger partial charge in [-0.3, -0.25) is 4.79 Å². The van der Waals surface area contributed by atoms with E-state index in [1.165, 1.54) is 24.9 Å². The van der Waals surface area contributed by atoms with Crippen molar-refractivity contribution >= 4 is 23.9 Å². The summed E-state index contributed by atoms with van der Waals surface area (Å²) in [5.41, 5.74) is 2.41. The number of Topliss-reactive ketones (excluding diaryl/α,β-unsaturated/α-hetero) is 1. The van der Waals surface area contributed by atoms with Crippen molar-refractivity contribution < 1.29 is 4.79 Å². The first-order valence-corrected chi connectivity index (χ1v) is 6.09. The molecule has 17 heavy (non-hydrogen) atoms. The monoisotopic (exact) mass is 253 g/mol. The third kappa shape index (κ3) is 4.04. The number of piperidine rings is 1. The van der Waals surface area contributed by atoms with E-state index in [0.29, 0.717) is 6.42 Å². The molecule has 94 valence electrons. The van der Waals surface area contributed by atoms with Crippen molar-refractivity contribution in [1.29, 1.82) is 0 Å². The van der Waals surface area contributed by atoms with Gasteiger partial charge in [-0.1, -0.05) is 12.1 Å². The number of benzene rings is 1. The lowest BCUT2D eigenvalue weighted by Gasteiger charge is -2.29. The van der Waals surface area contributed by atoms with Gasteiger partial charge in [0, 0.05) is 25.2 Å². The van der Waals surface area contributed by atoms with Crippen molar-refractivity contribution in [2.24, 2.45) is 0 Å². The predicted octanol–water partition coefficient (Wildman–Crippen LogP) is 3.23. The Labute approximate surface area is 109 Å². The largest absolute Gasteiger partial charge is 0.372 e. The highest BCUT2D eigenvalue weighted by atomic mass is 35.5. The molecule has 2 nitrogen and oxygen atoms in total. The summed E-state index contributed by atoms with van der Waals surface area (Å²) in [5.74, 6) is 0.232. The third-order valence-corrected chi connectivity index (χ3v) is 3.08. The standard InChI is InChI=1S/C14H19NO.ClH/c1-12(16)10-13-6-5-7-14(11-13)15-8-3-2-4-9-15;/h5-7,11H,2-4,8-10H2,1H3;1H. The first-order chi connectivity index (χ1) is 7.75. The zero-order chi connectivity index (χ0) is 11.4. The van der Waals surface area contributed by atoms with Crippen molar-refractivity contribution in [3.8, 4) is 0 Å². The first kappa shape index (κ1) is 14.0. The molecule has 0 unspecified atom stereocenters. The van der Waals surface area contributed by atoms with E-state index in [1.807, 2.05) is 6.07 Å². The molecule has 0 aliphatic carbocycles. The highest BCUT2D eigenvalue weighted by Crippen LogP contribution is 2.21. The fourth-order valence-electron chi connectivity index (χ4n) is 2.30. The maximum Gasteiger partial charge on any atom is 0.134 e. The van der Waals surface area contributed by atoms with Crippen LogP contribution >= 0.6 is 12.4 Å². The van der Waals surface area contributed by atoms with Gasteiger partial charge in [0.1, 0.15) is 5.78 Å². The van der Waals surface area contributed by atoms with E-state index < -0.39 is 0 Å². The molecule has 1 aliphatic heterocycles. The van der Waals surface area contributed by atoms with Crippen molar-refractivity contribution in [3.63, 3.8) is 0 Å². The third-order valence-electron chi connectivity index (χ3n) is 3.08. The molecule has 0 amide bonds. The molecular weight excluding hydrogens is 234 g/mol. The summed E-state index contributed by atoms with van der Waals surface area (Å²) >= 11 is 0. The molecule has 1 aromatic carbocycles. The molecule has 0 saturated carbocycles. The first-order valence-electron chi connectivity index (χ1n) is 6.09. The van der Waals surface area contributed by atoms with Gasteiger partial charge in [0.05, 0.1) is 0 Å². The van der Waals surface area contributed by atoms with Gasteiger partial charge in [-0.15, -0.1) is 12.4 Å². The summed E-state index contributed by atoms with van der Waals surface area (Å²) in [6.45, 7) is 3.96. The number of nitrogens with zero attached hydrogens (tertiary/aromatic N) is 1. The zero-order valence-electron chi connectivity index (χ0n) is 10.3. The van der Waals surface area contributed by atoms with Gasteiger partial charge in [-0.05, 0) is 43.9 Å². The fourth-order valence-corrected chi connectivity index (χ4v) is 2.30. The number of hydrogen-bond acceptors (Lipinski definition) is 2. The van der Waals surface area contributed by atoms with Crippen LogP contribution in [0.15, 0.2) is 24.3 Å². The molecular formula is C14H20ClNO. The minimum atomic E-state index is 0. The summed E-state index contributed by atoms with van der Waals surface area (Å²) in [5, 5.41) is 0. The van der Waals surface area contributed by atoms with Gasteiger partial charge < -0.3 is 4.90 Å². The topological polar surface area (TPSA) is 20.3 Å². The van der Waals surface area contributed by atoms with E-state index in [1.54, 1.807) is 6.92 Å². The highest BCUT2D eigenvalue weighted by molar-refractivity contribution is 5.85. The lowest BCUT2D eigenvalue weighted by Crippen LogP contribution is -2.29. The van der Waals surface area contributed by atoms with Gasteiger partial charge in [-0.25, -0.2) is 0 Å². The second-order valence-electron chi connectivity index (χ2n) is 4.60. The van der Waals surface area contributed by atoms with Crippen LogP contribution in [0.4, 0.5) is 5.69 Å². The predicted molar refractivity (Wildman–Crippen MR) is 74.1 cm³/mol. The van der Waals surface area contributed by atoms with Crippen molar-refractivity contribution in [3.05, 3.63) is 29.8 Å². The van der Waals surface area contributed by atoms with Crippen LogP contribution in [0.3, 0.4) is 0 Å². The number of hydrogen-bond donors (Lipinski definition) is 0. The Kier molecular flexibility index (Phi) is 5.49. The van der Waals surface area contributed by atoms with E-state index in [4.69, 9.17) is 0 Å². The Morgan fingerprint density at radius 1 is 1.24 bits per heavy atom. The molecule has 0 spiro atoms. The molecule has 2 rings (SSSR count). The number of anilines is 1. The van der Waals surface area contributed by atoms with Gasteiger partial charge in [0.2, 0.25) is 0 Å². The zero-order valence-corrected chi connectivity index (χ0v) is 11.1. The van der Waals surface area contributed by atoms with Gasteiger partial charge in [0.25, 0.3) is 0 Å². The average Bonchev–Trinajstić information content (AvgIpc) is 2.30. The molecule has 1 aliphatic rings. The Morgan fingerprint density at radius 2 is 1.94 bits per heavy atom. The van der Waals surface area contributed by atoms with E-state index in [9.17, 15) is 4.79 Å². The average molecular weight is 254 g/mol. The summed E-state index contributed by atoms with van der Waals surface area (Å²) in [4.78, 5) is 13.5. The quantitative estimate of drug-likeness (QED) is 0.824. The van der Waals surface area contributed by atoms with Crippen molar-refractivity contribution in [1.82, 2.24) is 0 Å². The lowest BCUT2D eigenvalue weighted by molar-refractivity contribution is -0.116. The second-order valence-corrected chi connectivity index (χ2v) is 4.60. The maximum absolute atomic E-state index is 11.1. The number of halogens is 1. The summed E-state index contributed by atoms with van der Waals surface area (Å²) in [6.07, 6.45) is 4.49. The van der Waals surface area contributed by atoms with E-state index in [2.05, 4.69) is 23.1 Å². The smallest absolute Gasteiger partial charge is 0.134 e. The molecule has 0 N–H and O–H groups in total. The SMILES string of the molecule is CC(=O)Cc1cccc(N2CCCCC2)c1.Cl. The number of rotatable bonds is 3. The fraction of sp³-hybridized carbons (Fsp3) is 0.500. The number of ketones is 1. The van der Waals surface area contributed by atoms with Crippen LogP contribution in [0.1, 0.15) is 31.7 Å². The van der Waals surface area contributed by atoms with Crippen LogP contribution in [-0.4, -0.2) is 18.9 Å². The van der Waals surface area contributed by atoms with E-state index in [-0.39, 0.29) is 18.2 Å². The number of carbonyl (C=O) groups is 1. The summed E-state index contributed by atoms with van der Waals surface area (Å²) in [6, 6.07) is 8.40. The van der Waals surface area contributed by atoms with E-state index in [0.717, 1.165) is 18.7 Å². The van der Waals surface area contributed by atoms with Crippen LogP contribution in [0, 0.1) is 0 Å². The van der Waals surface area contributed by atoms with Crippen LogP contribution in [0.5, 0.6) is 0 Å². The Hall–Kier alpha value is -1.02. The van der Waals surface area contributed by atoms with Crippen molar-refractivity contribution in [2.45, 2.75) is 32.6 Å². The van der Waals surface area contributed by atoms with Crippen molar-refractivity contribution in [2.75, 3.05) is 18.0 Å². The Balaban J connectivity index is 0.00000144. The maximum atomic E-state index is 11.1.